The van der Waals surface area contributed by atoms with Crippen LogP contribution in [0.1, 0.15) is 36.7 Å². The first kappa shape index (κ1) is 19.9. The highest BCUT2D eigenvalue weighted by atomic mass is 16.2. The smallest absolute Gasteiger partial charge is 0.272 e. The number of rotatable bonds is 6. The number of anilines is 1. The van der Waals surface area contributed by atoms with Crippen LogP contribution in [-0.2, 0) is 4.79 Å². The molecule has 0 bridgehead atoms. The van der Waals surface area contributed by atoms with Crippen molar-refractivity contribution in [2.75, 3.05) is 18.0 Å². The molecule has 1 aliphatic rings. The number of hydrogen-bond acceptors (Lipinski definition) is 3. The Bertz CT molecular complexity index is 1000. The van der Waals surface area contributed by atoms with E-state index in [9.17, 15) is 9.59 Å². The predicted molar refractivity (Wildman–Crippen MR) is 117 cm³/mol. The molecule has 1 fully saturated rings. The van der Waals surface area contributed by atoms with Crippen molar-refractivity contribution in [2.45, 2.75) is 32.2 Å². The zero-order valence-electron chi connectivity index (χ0n) is 17.1. The van der Waals surface area contributed by atoms with Crippen molar-refractivity contribution in [3.05, 3.63) is 72.6 Å². The Kier molecular flexibility index (Phi) is 5.93. The third-order valence-corrected chi connectivity index (χ3v) is 5.59. The fourth-order valence-corrected chi connectivity index (χ4v) is 3.96. The van der Waals surface area contributed by atoms with E-state index in [0.717, 1.165) is 36.1 Å². The van der Waals surface area contributed by atoms with E-state index in [2.05, 4.69) is 41.4 Å². The summed E-state index contributed by atoms with van der Waals surface area (Å²) in [6.45, 7) is 2.70. The standard InChI is InChI=1S/C24H26N4O2/c1-2-3-11-21-16-27(23(29)17-28(21)24(30)22-13-14-25-26-22)20-12-7-10-19(15-20)18-8-5-4-6-9-18/h4-10,12-15,21H,2-3,11,16-17H2,1H3,(H,25,26). The molecule has 1 N–H and O–H groups in total. The molecule has 2 aromatic carbocycles. The van der Waals surface area contributed by atoms with E-state index in [0.29, 0.717) is 12.2 Å². The zero-order valence-corrected chi connectivity index (χ0v) is 17.1. The van der Waals surface area contributed by atoms with Crippen molar-refractivity contribution < 1.29 is 9.59 Å². The van der Waals surface area contributed by atoms with E-state index in [-0.39, 0.29) is 24.4 Å². The fraction of sp³-hybridized carbons (Fsp3) is 0.292. The summed E-state index contributed by atoms with van der Waals surface area (Å²) in [4.78, 5) is 29.5. The molecule has 1 atom stereocenters. The third kappa shape index (κ3) is 4.13. The van der Waals surface area contributed by atoms with Crippen molar-refractivity contribution in [3.63, 3.8) is 0 Å². The quantitative estimate of drug-likeness (QED) is 0.674. The van der Waals surface area contributed by atoms with E-state index < -0.39 is 0 Å². The minimum atomic E-state index is -0.167. The number of hydrogen-bond donors (Lipinski definition) is 1. The molecule has 0 spiro atoms. The van der Waals surface area contributed by atoms with Gasteiger partial charge in [-0.1, -0.05) is 62.2 Å². The number of aromatic nitrogens is 2. The lowest BCUT2D eigenvalue weighted by molar-refractivity contribution is -0.121. The maximum absolute atomic E-state index is 13.1. The molecule has 6 nitrogen and oxygen atoms in total. The van der Waals surface area contributed by atoms with Gasteiger partial charge < -0.3 is 9.80 Å². The molecule has 4 rings (SSSR count). The summed E-state index contributed by atoms with van der Waals surface area (Å²) in [7, 11) is 0. The van der Waals surface area contributed by atoms with E-state index in [4.69, 9.17) is 0 Å². The normalized spacial score (nSPS) is 16.7. The summed E-state index contributed by atoms with van der Waals surface area (Å²) in [6, 6.07) is 19.8. The van der Waals surface area contributed by atoms with E-state index in [1.807, 2.05) is 35.2 Å². The molecule has 0 aliphatic carbocycles. The first-order valence-electron chi connectivity index (χ1n) is 10.4. The van der Waals surface area contributed by atoms with Crippen molar-refractivity contribution in [2.24, 2.45) is 0 Å². The van der Waals surface area contributed by atoms with Gasteiger partial charge in [-0.2, -0.15) is 5.10 Å². The minimum absolute atomic E-state index is 0.0289. The van der Waals surface area contributed by atoms with Gasteiger partial charge in [0.2, 0.25) is 5.91 Å². The van der Waals surface area contributed by atoms with Crippen molar-refractivity contribution >= 4 is 17.5 Å². The number of unbranched alkanes of at least 4 members (excludes halogenated alkanes) is 1. The Morgan fingerprint density at radius 1 is 1.10 bits per heavy atom. The largest absolute Gasteiger partial charge is 0.323 e. The van der Waals surface area contributed by atoms with Gasteiger partial charge in [-0.25, -0.2) is 0 Å². The van der Waals surface area contributed by atoms with Crippen LogP contribution in [0.15, 0.2) is 66.9 Å². The van der Waals surface area contributed by atoms with Crippen molar-refractivity contribution in [3.8, 4) is 11.1 Å². The third-order valence-electron chi connectivity index (χ3n) is 5.59. The molecule has 1 unspecified atom stereocenters. The SMILES string of the molecule is CCCCC1CN(c2cccc(-c3ccccc3)c2)C(=O)CN1C(=O)c1ccn[nH]1. The van der Waals surface area contributed by atoms with Crippen LogP contribution in [0.4, 0.5) is 5.69 Å². The van der Waals surface area contributed by atoms with Gasteiger partial charge >= 0.3 is 0 Å². The second-order valence-corrected chi connectivity index (χ2v) is 7.62. The average molecular weight is 402 g/mol. The van der Waals surface area contributed by atoms with E-state index in [1.54, 1.807) is 17.2 Å². The molecule has 1 aliphatic heterocycles. The number of nitrogens with one attached hydrogen (secondary N) is 1. The maximum Gasteiger partial charge on any atom is 0.272 e. The summed E-state index contributed by atoms with van der Waals surface area (Å²) in [5.74, 6) is -0.236. The molecule has 30 heavy (non-hydrogen) atoms. The molecule has 0 radical (unpaired) electrons. The van der Waals surface area contributed by atoms with Crippen LogP contribution >= 0.6 is 0 Å². The summed E-state index contributed by atoms with van der Waals surface area (Å²) in [5, 5.41) is 6.61. The molecule has 3 aromatic rings. The van der Waals surface area contributed by atoms with E-state index in [1.165, 1.54) is 0 Å². The predicted octanol–water partition coefficient (Wildman–Crippen LogP) is 4.12. The van der Waals surface area contributed by atoms with Gasteiger partial charge in [0.25, 0.3) is 5.91 Å². The van der Waals surface area contributed by atoms with Crippen LogP contribution in [-0.4, -0.2) is 46.0 Å². The Morgan fingerprint density at radius 2 is 1.90 bits per heavy atom. The molecule has 1 saturated heterocycles. The van der Waals surface area contributed by atoms with Gasteiger partial charge in [-0.15, -0.1) is 0 Å². The molecular weight excluding hydrogens is 376 g/mol. The minimum Gasteiger partial charge on any atom is -0.323 e. The Morgan fingerprint density at radius 3 is 2.63 bits per heavy atom. The topological polar surface area (TPSA) is 69.3 Å². The van der Waals surface area contributed by atoms with Crippen LogP contribution < -0.4 is 4.90 Å². The van der Waals surface area contributed by atoms with Crippen molar-refractivity contribution in [1.29, 1.82) is 0 Å². The first-order chi connectivity index (χ1) is 14.7. The molecule has 6 heteroatoms. The number of piperazine rings is 1. The van der Waals surface area contributed by atoms with Crippen LogP contribution in [0, 0.1) is 0 Å². The second-order valence-electron chi connectivity index (χ2n) is 7.62. The summed E-state index contributed by atoms with van der Waals surface area (Å²) in [5.41, 5.74) is 3.48. The number of carbonyl (C=O) groups excluding carboxylic acids is 2. The van der Waals surface area contributed by atoms with Gasteiger partial charge in [0, 0.05) is 18.4 Å². The lowest BCUT2D eigenvalue weighted by atomic mass is 10.0. The maximum atomic E-state index is 13.1. The number of H-pyrrole nitrogens is 1. The monoisotopic (exact) mass is 402 g/mol. The van der Waals surface area contributed by atoms with Gasteiger partial charge in [-0.3, -0.25) is 14.7 Å². The number of benzene rings is 2. The van der Waals surface area contributed by atoms with Crippen LogP contribution in [0.2, 0.25) is 0 Å². The average Bonchev–Trinajstić information content (AvgIpc) is 3.33. The molecule has 1 aromatic heterocycles. The van der Waals surface area contributed by atoms with E-state index >= 15 is 0 Å². The number of aromatic amines is 1. The Hall–Kier alpha value is -3.41. The highest BCUT2D eigenvalue weighted by Crippen LogP contribution is 2.28. The lowest BCUT2D eigenvalue weighted by Gasteiger charge is -2.41. The molecule has 2 amide bonds. The zero-order chi connectivity index (χ0) is 20.9. The molecular formula is C24H26N4O2. The van der Waals surface area contributed by atoms with Gasteiger partial charge in [0.05, 0.1) is 6.04 Å². The van der Waals surface area contributed by atoms with Crippen LogP contribution in [0.3, 0.4) is 0 Å². The van der Waals surface area contributed by atoms with Crippen molar-refractivity contribution in [1.82, 2.24) is 15.1 Å². The Labute approximate surface area is 176 Å². The Balaban J connectivity index is 1.60. The second kappa shape index (κ2) is 8.95. The van der Waals surface area contributed by atoms with Gasteiger partial charge in [0.15, 0.2) is 0 Å². The number of nitrogens with zero attached hydrogens (tertiary/aromatic N) is 3. The number of carbonyl (C=O) groups is 2. The summed E-state index contributed by atoms with van der Waals surface area (Å²) >= 11 is 0. The van der Waals surface area contributed by atoms with Gasteiger partial charge in [-0.05, 0) is 35.7 Å². The van der Waals surface area contributed by atoms with Gasteiger partial charge in [0.1, 0.15) is 12.2 Å². The van der Waals surface area contributed by atoms with Crippen LogP contribution in [0.25, 0.3) is 11.1 Å². The highest BCUT2D eigenvalue weighted by Gasteiger charge is 2.36. The summed E-state index contributed by atoms with van der Waals surface area (Å²) < 4.78 is 0. The molecule has 0 saturated carbocycles. The highest BCUT2D eigenvalue weighted by molar-refractivity contribution is 6.01. The van der Waals surface area contributed by atoms with Crippen LogP contribution in [0.5, 0.6) is 0 Å². The molecule has 154 valence electrons. The first-order valence-corrected chi connectivity index (χ1v) is 10.4. The fourth-order valence-electron chi connectivity index (χ4n) is 3.96. The summed E-state index contributed by atoms with van der Waals surface area (Å²) in [6.07, 6.45) is 4.46. The lowest BCUT2D eigenvalue weighted by Crippen LogP contribution is -2.58. The number of amides is 2. The molecule has 2 heterocycles.